The summed E-state index contributed by atoms with van der Waals surface area (Å²) in [4.78, 5) is 0. The maximum atomic E-state index is 8.55. The first-order valence-electron chi connectivity index (χ1n) is 4.33. The molecule has 0 aromatic rings. The second-order valence-electron chi connectivity index (χ2n) is 3.20. The SMILES string of the molecule is OB(O)/C=C/C1CCCCC1. The predicted octanol–water partition coefficient (Wildman–Crippen LogP) is 1.13. The number of rotatable bonds is 2. The van der Waals surface area contributed by atoms with Crippen molar-refractivity contribution in [1.82, 2.24) is 0 Å². The first kappa shape index (κ1) is 8.82. The van der Waals surface area contributed by atoms with Crippen LogP contribution in [0.15, 0.2) is 12.1 Å². The van der Waals surface area contributed by atoms with Crippen molar-refractivity contribution in [2.24, 2.45) is 5.92 Å². The average Bonchev–Trinajstić information content (AvgIpc) is 2.03. The zero-order valence-electron chi connectivity index (χ0n) is 6.74. The highest BCUT2D eigenvalue weighted by Gasteiger charge is 2.10. The molecule has 1 aliphatic rings. The first-order valence-corrected chi connectivity index (χ1v) is 4.33. The van der Waals surface area contributed by atoms with E-state index in [1.54, 1.807) is 0 Å². The lowest BCUT2D eigenvalue weighted by molar-refractivity contribution is 0.411. The molecule has 1 saturated carbocycles. The van der Waals surface area contributed by atoms with E-state index in [0.29, 0.717) is 5.92 Å². The predicted molar refractivity (Wildman–Crippen MR) is 45.9 cm³/mol. The second kappa shape index (κ2) is 4.57. The van der Waals surface area contributed by atoms with Crippen LogP contribution in [0.2, 0.25) is 0 Å². The Kier molecular flexibility index (Phi) is 3.67. The fraction of sp³-hybridized carbons (Fsp3) is 0.750. The van der Waals surface area contributed by atoms with Crippen LogP contribution in [0.25, 0.3) is 0 Å². The smallest absolute Gasteiger partial charge is 0.424 e. The van der Waals surface area contributed by atoms with Crippen LogP contribution in [0, 0.1) is 5.92 Å². The molecule has 0 amide bonds. The fourth-order valence-corrected chi connectivity index (χ4v) is 1.58. The molecule has 0 spiro atoms. The lowest BCUT2D eigenvalue weighted by Crippen LogP contribution is -2.09. The highest BCUT2D eigenvalue weighted by molar-refractivity contribution is 6.47. The minimum Gasteiger partial charge on any atom is -0.424 e. The van der Waals surface area contributed by atoms with Gasteiger partial charge in [0.05, 0.1) is 0 Å². The van der Waals surface area contributed by atoms with Gasteiger partial charge in [0.2, 0.25) is 0 Å². The number of allylic oxidation sites excluding steroid dienone is 1. The third-order valence-electron chi connectivity index (χ3n) is 2.21. The molecular formula is C8H15BO2. The van der Waals surface area contributed by atoms with Gasteiger partial charge in [-0.1, -0.05) is 31.3 Å². The van der Waals surface area contributed by atoms with E-state index in [9.17, 15) is 0 Å². The Hall–Kier alpha value is -0.275. The maximum absolute atomic E-state index is 8.55. The molecule has 1 aliphatic carbocycles. The highest BCUT2D eigenvalue weighted by atomic mass is 16.4. The molecular weight excluding hydrogens is 139 g/mol. The van der Waals surface area contributed by atoms with E-state index in [1.165, 1.54) is 38.1 Å². The first-order chi connectivity index (χ1) is 5.29. The summed E-state index contributed by atoms with van der Waals surface area (Å²) < 4.78 is 0. The van der Waals surface area contributed by atoms with Crippen LogP contribution in [0.1, 0.15) is 32.1 Å². The van der Waals surface area contributed by atoms with Crippen molar-refractivity contribution >= 4 is 7.12 Å². The Labute approximate surface area is 68.1 Å². The third kappa shape index (κ3) is 3.58. The summed E-state index contributed by atoms with van der Waals surface area (Å²) in [6.07, 6.45) is 8.27. The van der Waals surface area contributed by atoms with E-state index < -0.39 is 7.12 Å². The van der Waals surface area contributed by atoms with Gasteiger partial charge >= 0.3 is 7.12 Å². The van der Waals surface area contributed by atoms with Gasteiger partial charge in [-0.05, 0) is 18.8 Å². The zero-order valence-corrected chi connectivity index (χ0v) is 6.74. The van der Waals surface area contributed by atoms with Crippen LogP contribution in [-0.2, 0) is 0 Å². The summed E-state index contributed by atoms with van der Waals surface area (Å²) in [7, 11) is -1.27. The summed E-state index contributed by atoms with van der Waals surface area (Å²) in [5, 5.41) is 17.1. The van der Waals surface area contributed by atoms with Gasteiger partial charge in [0.25, 0.3) is 0 Å². The maximum Gasteiger partial charge on any atom is 0.480 e. The summed E-state index contributed by atoms with van der Waals surface area (Å²) >= 11 is 0. The lowest BCUT2D eigenvalue weighted by Gasteiger charge is -2.17. The molecule has 0 atom stereocenters. The largest absolute Gasteiger partial charge is 0.480 e. The van der Waals surface area contributed by atoms with Crippen LogP contribution in [0.5, 0.6) is 0 Å². The van der Waals surface area contributed by atoms with Crippen molar-refractivity contribution in [2.75, 3.05) is 0 Å². The molecule has 0 saturated heterocycles. The Morgan fingerprint density at radius 3 is 2.27 bits per heavy atom. The molecule has 3 heteroatoms. The molecule has 0 heterocycles. The highest BCUT2D eigenvalue weighted by Crippen LogP contribution is 2.24. The van der Waals surface area contributed by atoms with Crippen molar-refractivity contribution < 1.29 is 10.0 Å². The molecule has 0 aliphatic heterocycles. The average molecular weight is 154 g/mol. The van der Waals surface area contributed by atoms with Crippen LogP contribution < -0.4 is 0 Å². The van der Waals surface area contributed by atoms with Crippen molar-refractivity contribution in [3.8, 4) is 0 Å². The molecule has 1 rings (SSSR count). The van der Waals surface area contributed by atoms with E-state index in [4.69, 9.17) is 10.0 Å². The molecule has 0 radical (unpaired) electrons. The quantitative estimate of drug-likeness (QED) is 0.585. The molecule has 0 aromatic heterocycles. The van der Waals surface area contributed by atoms with Crippen molar-refractivity contribution in [1.29, 1.82) is 0 Å². The zero-order chi connectivity index (χ0) is 8.10. The van der Waals surface area contributed by atoms with Gasteiger partial charge in [-0.15, -0.1) is 0 Å². The number of hydrogen-bond acceptors (Lipinski definition) is 2. The summed E-state index contributed by atoms with van der Waals surface area (Å²) in [6, 6.07) is 0. The Bertz CT molecular complexity index is 128. The Morgan fingerprint density at radius 2 is 1.73 bits per heavy atom. The van der Waals surface area contributed by atoms with Crippen LogP contribution in [-0.4, -0.2) is 17.2 Å². The van der Waals surface area contributed by atoms with E-state index >= 15 is 0 Å². The van der Waals surface area contributed by atoms with Gasteiger partial charge in [0.15, 0.2) is 0 Å². The van der Waals surface area contributed by atoms with Gasteiger partial charge in [0, 0.05) is 0 Å². The minimum absolute atomic E-state index is 0.588. The third-order valence-corrected chi connectivity index (χ3v) is 2.21. The minimum atomic E-state index is -1.27. The normalized spacial score (nSPS) is 20.9. The van der Waals surface area contributed by atoms with Crippen molar-refractivity contribution in [3.63, 3.8) is 0 Å². The number of hydrogen-bond donors (Lipinski definition) is 2. The van der Waals surface area contributed by atoms with E-state index in [2.05, 4.69) is 0 Å². The van der Waals surface area contributed by atoms with Gasteiger partial charge in [-0.2, -0.15) is 0 Å². The molecule has 1 fully saturated rings. The van der Waals surface area contributed by atoms with E-state index in [1.807, 2.05) is 6.08 Å². The second-order valence-corrected chi connectivity index (χ2v) is 3.20. The molecule has 2 nitrogen and oxygen atoms in total. The Balaban J connectivity index is 2.23. The van der Waals surface area contributed by atoms with Gasteiger partial charge in [-0.25, -0.2) is 0 Å². The molecule has 0 unspecified atom stereocenters. The topological polar surface area (TPSA) is 40.5 Å². The molecule has 0 bridgehead atoms. The van der Waals surface area contributed by atoms with Crippen molar-refractivity contribution in [3.05, 3.63) is 12.1 Å². The van der Waals surface area contributed by atoms with Crippen LogP contribution in [0.4, 0.5) is 0 Å². The van der Waals surface area contributed by atoms with Gasteiger partial charge in [0.1, 0.15) is 0 Å². The van der Waals surface area contributed by atoms with Gasteiger partial charge in [-0.3, -0.25) is 0 Å². The van der Waals surface area contributed by atoms with Crippen LogP contribution in [0.3, 0.4) is 0 Å². The molecule has 62 valence electrons. The van der Waals surface area contributed by atoms with E-state index in [0.717, 1.165) is 0 Å². The van der Waals surface area contributed by atoms with Crippen LogP contribution >= 0.6 is 0 Å². The molecule has 2 N–H and O–H groups in total. The standard InChI is InChI=1S/C8H15BO2/c10-9(11)7-6-8-4-2-1-3-5-8/h6-8,10-11H,1-5H2/b7-6+. The summed E-state index contributed by atoms with van der Waals surface area (Å²) in [5.41, 5.74) is 0. The fourth-order valence-electron chi connectivity index (χ4n) is 1.58. The van der Waals surface area contributed by atoms with Gasteiger partial charge < -0.3 is 10.0 Å². The molecule has 11 heavy (non-hydrogen) atoms. The molecule has 0 aromatic carbocycles. The monoisotopic (exact) mass is 154 g/mol. The summed E-state index contributed by atoms with van der Waals surface area (Å²) in [5.74, 6) is 2.06. The van der Waals surface area contributed by atoms with Crippen molar-refractivity contribution in [2.45, 2.75) is 32.1 Å². The lowest BCUT2D eigenvalue weighted by atomic mass is 9.84. The Morgan fingerprint density at radius 1 is 1.09 bits per heavy atom. The van der Waals surface area contributed by atoms with E-state index in [-0.39, 0.29) is 0 Å². The summed E-state index contributed by atoms with van der Waals surface area (Å²) in [6.45, 7) is 0.